The molecule has 3 rings (SSSR count). The van der Waals surface area contributed by atoms with E-state index in [0.29, 0.717) is 13.0 Å². The lowest BCUT2D eigenvalue weighted by molar-refractivity contribution is -0.142. The average molecular weight is 340 g/mol. The molecular weight excluding hydrogens is 325 g/mol. The number of hydrogen-bond acceptors (Lipinski definition) is 3. The van der Waals surface area contributed by atoms with Crippen molar-refractivity contribution in [3.05, 3.63) is 42.2 Å². The highest BCUT2D eigenvalue weighted by atomic mass is 19.4. The lowest BCUT2D eigenvalue weighted by Gasteiger charge is -2.25. The summed E-state index contributed by atoms with van der Waals surface area (Å²) in [4.78, 5) is 12.0. The van der Waals surface area contributed by atoms with Gasteiger partial charge in [0.2, 0.25) is 0 Å². The fourth-order valence-electron chi connectivity index (χ4n) is 2.47. The van der Waals surface area contributed by atoms with Crippen LogP contribution >= 0.6 is 0 Å². The molecule has 0 aliphatic carbocycles. The standard InChI is InChI=1S/C15H15F3N4O2/c16-15(17,18)9-22-7-12(6-19-22)21-14(23)20-11-5-10-3-1-2-4-13(10)24-8-11/h1-4,6-7,11H,5,8-9H2,(H2,20,21,23). The summed E-state index contributed by atoms with van der Waals surface area (Å²) in [6.45, 7) is -0.874. The van der Waals surface area contributed by atoms with E-state index in [1.54, 1.807) is 0 Å². The van der Waals surface area contributed by atoms with Crippen LogP contribution in [0.25, 0.3) is 0 Å². The third kappa shape index (κ3) is 4.18. The molecule has 9 heteroatoms. The van der Waals surface area contributed by atoms with Crippen molar-refractivity contribution in [3.8, 4) is 5.75 Å². The first-order valence-electron chi connectivity index (χ1n) is 7.26. The number of halogens is 3. The SMILES string of the molecule is O=C(Nc1cnn(CC(F)(F)F)c1)NC1COc2ccccc2C1. The molecule has 0 fully saturated rings. The first-order chi connectivity index (χ1) is 11.4. The predicted molar refractivity (Wildman–Crippen MR) is 79.9 cm³/mol. The molecule has 0 spiro atoms. The fraction of sp³-hybridized carbons (Fsp3) is 0.333. The maximum Gasteiger partial charge on any atom is 0.408 e. The van der Waals surface area contributed by atoms with Crippen molar-refractivity contribution in [2.24, 2.45) is 0 Å². The van der Waals surface area contributed by atoms with Crippen LogP contribution in [0.4, 0.5) is 23.7 Å². The number of hydrogen-bond donors (Lipinski definition) is 2. The number of aromatic nitrogens is 2. The summed E-state index contributed by atoms with van der Waals surface area (Å²) < 4.78 is 43.1. The van der Waals surface area contributed by atoms with E-state index in [2.05, 4.69) is 15.7 Å². The topological polar surface area (TPSA) is 68.2 Å². The van der Waals surface area contributed by atoms with E-state index in [9.17, 15) is 18.0 Å². The van der Waals surface area contributed by atoms with E-state index < -0.39 is 18.8 Å². The van der Waals surface area contributed by atoms with Crippen LogP contribution < -0.4 is 15.4 Å². The second kappa shape index (κ2) is 6.42. The number of alkyl halides is 3. The van der Waals surface area contributed by atoms with Crippen molar-refractivity contribution in [3.63, 3.8) is 0 Å². The summed E-state index contributed by atoms with van der Waals surface area (Å²) in [5.41, 5.74) is 1.18. The summed E-state index contributed by atoms with van der Waals surface area (Å²) in [7, 11) is 0. The summed E-state index contributed by atoms with van der Waals surface area (Å²) in [6, 6.07) is 6.81. The molecule has 2 heterocycles. The fourth-order valence-corrected chi connectivity index (χ4v) is 2.47. The van der Waals surface area contributed by atoms with Gasteiger partial charge < -0.3 is 15.4 Å². The third-order valence-electron chi connectivity index (χ3n) is 3.45. The van der Waals surface area contributed by atoms with Gasteiger partial charge in [0.1, 0.15) is 18.9 Å². The third-order valence-corrected chi connectivity index (χ3v) is 3.45. The Bertz CT molecular complexity index is 730. The zero-order chi connectivity index (χ0) is 17.2. The largest absolute Gasteiger partial charge is 0.491 e. The Labute approximate surface area is 135 Å². The highest BCUT2D eigenvalue weighted by molar-refractivity contribution is 5.89. The molecule has 6 nitrogen and oxygen atoms in total. The highest BCUT2D eigenvalue weighted by Gasteiger charge is 2.28. The molecule has 1 atom stereocenters. The number of ether oxygens (including phenoxy) is 1. The molecular formula is C15H15F3N4O2. The van der Waals surface area contributed by atoms with Gasteiger partial charge in [-0.15, -0.1) is 0 Å². The Kier molecular flexibility index (Phi) is 4.32. The Hall–Kier alpha value is -2.71. The van der Waals surface area contributed by atoms with Crippen LogP contribution in [0.3, 0.4) is 0 Å². The molecule has 1 aromatic carbocycles. The van der Waals surface area contributed by atoms with Gasteiger partial charge in [-0.2, -0.15) is 18.3 Å². The number of fused-ring (bicyclic) bond motifs is 1. The number of benzene rings is 1. The molecule has 2 N–H and O–H groups in total. The summed E-state index contributed by atoms with van der Waals surface area (Å²) in [5, 5.41) is 8.76. The second-order valence-corrected chi connectivity index (χ2v) is 5.46. The van der Waals surface area contributed by atoms with Crippen molar-refractivity contribution in [1.29, 1.82) is 0 Å². The number of amides is 2. The van der Waals surface area contributed by atoms with Gasteiger partial charge in [-0.3, -0.25) is 4.68 Å². The molecule has 24 heavy (non-hydrogen) atoms. The van der Waals surface area contributed by atoms with Crippen LogP contribution in [-0.2, 0) is 13.0 Å². The predicted octanol–water partition coefficient (Wildman–Crippen LogP) is 2.57. The van der Waals surface area contributed by atoms with Gasteiger partial charge in [-0.05, 0) is 18.1 Å². The summed E-state index contributed by atoms with van der Waals surface area (Å²) >= 11 is 0. The normalized spacial score (nSPS) is 16.9. The van der Waals surface area contributed by atoms with Crippen LogP contribution in [0.2, 0.25) is 0 Å². The van der Waals surface area contributed by atoms with E-state index in [1.165, 1.54) is 0 Å². The van der Waals surface area contributed by atoms with E-state index in [1.807, 2.05) is 24.3 Å². The van der Waals surface area contributed by atoms with Gasteiger partial charge in [0.15, 0.2) is 0 Å². The summed E-state index contributed by atoms with van der Waals surface area (Å²) in [5.74, 6) is 0.796. The molecule has 2 amide bonds. The van der Waals surface area contributed by atoms with Crippen molar-refractivity contribution in [1.82, 2.24) is 15.1 Å². The van der Waals surface area contributed by atoms with Gasteiger partial charge in [-0.25, -0.2) is 4.79 Å². The highest BCUT2D eigenvalue weighted by Crippen LogP contribution is 2.24. The first-order valence-corrected chi connectivity index (χ1v) is 7.26. The Balaban J connectivity index is 1.53. The number of nitrogens with one attached hydrogen (secondary N) is 2. The zero-order valence-electron chi connectivity index (χ0n) is 12.5. The lowest BCUT2D eigenvalue weighted by Crippen LogP contribution is -2.44. The maximum atomic E-state index is 12.3. The summed E-state index contributed by atoms with van der Waals surface area (Å²) in [6.07, 6.45) is -1.45. The zero-order valence-corrected chi connectivity index (χ0v) is 12.5. The van der Waals surface area contributed by atoms with Crippen LogP contribution in [0.1, 0.15) is 5.56 Å². The number of nitrogens with zero attached hydrogens (tertiary/aromatic N) is 2. The number of para-hydroxylation sites is 1. The molecule has 0 saturated heterocycles. The molecule has 1 aliphatic rings. The lowest BCUT2D eigenvalue weighted by atomic mass is 10.0. The molecule has 1 aromatic heterocycles. The Morgan fingerprint density at radius 2 is 2.17 bits per heavy atom. The Morgan fingerprint density at radius 1 is 1.38 bits per heavy atom. The van der Waals surface area contributed by atoms with Crippen molar-refractivity contribution in [2.75, 3.05) is 11.9 Å². The first kappa shape index (κ1) is 16.2. The number of anilines is 1. The Morgan fingerprint density at radius 3 is 2.96 bits per heavy atom. The van der Waals surface area contributed by atoms with Gasteiger partial charge in [0, 0.05) is 6.20 Å². The molecule has 1 unspecified atom stereocenters. The molecule has 1 aliphatic heterocycles. The monoisotopic (exact) mass is 340 g/mol. The molecule has 128 valence electrons. The second-order valence-electron chi connectivity index (χ2n) is 5.46. The minimum Gasteiger partial charge on any atom is -0.491 e. The smallest absolute Gasteiger partial charge is 0.408 e. The van der Waals surface area contributed by atoms with Gasteiger partial charge in [-0.1, -0.05) is 18.2 Å². The van der Waals surface area contributed by atoms with Gasteiger partial charge in [0.05, 0.1) is 17.9 Å². The van der Waals surface area contributed by atoms with E-state index in [4.69, 9.17) is 4.74 Å². The molecule has 0 saturated carbocycles. The maximum absolute atomic E-state index is 12.3. The molecule has 0 bridgehead atoms. The van der Waals surface area contributed by atoms with Crippen molar-refractivity contribution < 1.29 is 22.7 Å². The number of rotatable bonds is 3. The van der Waals surface area contributed by atoms with Crippen molar-refractivity contribution in [2.45, 2.75) is 25.2 Å². The minimum atomic E-state index is -4.36. The average Bonchev–Trinajstić information content (AvgIpc) is 2.91. The van der Waals surface area contributed by atoms with E-state index in [-0.39, 0.29) is 11.7 Å². The van der Waals surface area contributed by atoms with E-state index in [0.717, 1.165) is 28.4 Å². The minimum absolute atomic E-state index is 0.189. The number of carbonyl (C=O) groups is 1. The van der Waals surface area contributed by atoms with Crippen LogP contribution in [0.15, 0.2) is 36.7 Å². The van der Waals surface area contributed by atoms with Gasteiger partial charge in [0.25, 0.3) is 0 Å². The van der Waals surface area contributed by atoms with Crippen LogP contribution in [0, 0.1) is 0 Å². The molecule has 2 aromatic rings. The van der Waals surface area contributed by atoms with Crippen molar-refractivity contribution >= 4 is 11.7 Å². The van der Waals surface area contributed by atoms with Gasteiger partial charge >= 0.3 is 12.2 Å². The molecule has 0 radical (unpaired) electrons. The van der Waals surface area contributed by atoms with Crippen LogP contribution in [-0.4, -0.2) is 34.6 Å². The number of urea groups is 1. The quantitative estimate of drug-likeness (QED) is 0.902. The van der Waals surface area contributed by atoms with Crippen LogP contribution in [0.5, 0.6) is 5.75 Å². The van der Waals surface area contributed by atoms with E-state index >= 15 is 0 Å². The number of carbonyl (C=O) groups excluding carboxylic acids is 1.